The highest BCUT2D eigenvalue weighted by molar-refractivity contribution is 6.05. The van der Waals surface area contributed by atoms with Crippen LogP contribution in [0.2, 0.25) is 0 Å². The van der Waals surface area contributed by atoms with E-state index < -0.39 is 0 Å². The lowest BCUT2D eigenvalue weighted by Crippen LogP contribution is -2.48. The molecule has 3 amide bonds. The maximum absolute atomic E-state index is 13.3. The first kappa shape index (κ1) is 25.2. The minimum Gasteiger partial charge on any atom is -0.491 e. The van der Waals surface area contributed by atoms with Crippen molar-refractivity contribution < 1.29 is 23.9 Å². The van der Waals surface area contributed by atoms with Crippen LogP contribution in [0.25, 0.3) is 0 Å². The van der Waals surface area contributed by atoms with Gasteiger partial charge in [0.15, 0.2) is 0 Å². The number of ether oxygens (including phenoxy) is 2. The van der Waals surface area contributed by atoms with Gasteiger partial charge in [0, 0.05) is 57.4 Å². The van der Waals surface area contributed by atoms with Crippen molar-refractivity contribution in [1.29, 1.82) is 0 Å². The molecule has 2 aromatic rings. The van der Waals surface area contributed by atoms with E-state index in [4.69, 9.17) is 9.47 Å². The number of carbonyl (C=O) groups is 3. The van der Waals surface area contributed by atoms with Crippen LogP contribution >= 0.6 is 0 Å². The molecule has 0 aromatic heterocycles. The molecule has 8 nitrogen and oxygen atoms in total. The van der Waals surface area contributed by atoms with Crippen molar-refractivity contribution in [3.8, 4) is 5.75 Å². The Hall–Kier alpha value is -3.39. The molecule has 0 saturated heterocycles. The Balaban J connectivity index is 1.93. The minimum atomic E-state index is -0.259. The quantitative estimate of drug-likeness (QED) is 0.748. The van der Waals surface area contributed by atoms with E-state index in [1.54, 1.807) is 66.4 Å². The third kappa shape index (κ3) is 5.94. The molecule has 3 rings (SSSR count). The summed E-state index contributed by atoms with van der Waals surface area (Å²) in [7, 11) is 3.33. The molecule has 0 unspecified atom stereocenters. The molecule has 1 aliphatic rings. The highest BCUT2D eigenvalue weighted by atomic mass is 16.5. The van der Waals surface area contributed by atoms with Crippen molar-refractivity contribution in [1.82, 2.24) is 9.80 Å². The molecule has 0 fully saturated rings. The highest BCUT2D eigenvalue weighted by Crippen LogP contribution is 2.27. The van der Waals surface area contributed by atoms with Crippen LogP contribution in [0, 0.1) is 5.92 Å². The second kappa shape index (κ2) is 11.2. The van der Waals surface area contributed by atoms with Gasteiger partial charge in [0.1, 0.15) is 12.4 Å². The summed E-state index contributed by atoms with van der Waals surface area (Å²) in [6, 6.07) is 13.6. The molecular weight excluding hydrogens is 434 g/mol. The van der Waals surface area contributed by atoms with Crippen LogP contribution in [-0.4, -0.2) is 73.5 Å². The fraction of sp³-hybridized carbons (Fsp3) is 0.423. The topological polar surface area (TPSA) is 88.2 Å². The van der Waals surface area contributed by atoms with E-state index in [1.807, 2.05) is 19.9 Å². The first-order valence-electron chi connectivity index (χ1n) is 11.4. The average molecular weight is 468 g/mol. The number of nitrogens with one attached hydrogen (secondary N) is 1. The number of rotatable bonds is 3. The predicted octanol–water partition coefficient (Wildman–Crippen LogP) is 3.29. The fourth-order valence-electron chi connectivity index (χ4n) is 4.08. The number of likely N-dealkylation sites (N-methyl/N-ethyl adjacent to an activating group) is 1. The summed E-state index contributed by atoms with van der Waals surface area (Å²) >= 11 is 0. The fourth-order valence-corrected chi connectivity index (χ4v) is 4.08. The van der Waals surface area contributed by atoms with Crippen molar-refractivity contribution in [2.24, 2.45) is 5.92 Å². The lowest BCUT2D eigenvalue weighted by Gasteiger charge is -2.35. The smallest absolute Gasteiger partial charge is 0.257 e. The van der Waals surface area contributed by atoms with Gasteiger partial charge in [0.05, 0.1) is 17.7 Å². The Morgan fingerprint density at radius 1 is 1.09 bits per heavy atom. The van der Waals surface area contributed by atoms with Gasteiger partial charge in [-0.25, -0.2) is 0 Å². The average Bonchev–Trinajstić information content (AvgIpc) is 2.83. The molecule has 0 radical (unpaired) electrons. The zero-order chi connectivity index (χ0) is 24.8. The number of carbonyl (C=O) groups excluding carboxylic acids is 3. The van der Waals surface area contributed by atoms with Gasteiger partial charge in [-0.1, -0.05) is 25.1 Å². The number of fused-ring (bicyclic) bond motifs is 1. The Morgan fingerprint density at radius 3 is 2.44 bits per heavy atom. The van der Waals surface area contributed by atoms with Gasteiger partial charge in [-0.05, 0) is 31.2 Å². The zero-order valence-corrected chi connectivity index (χ0v) is 20.4. The number of hydrogen-bond donors (Lipinski definition) is 1. The third-order valence-corrected chi connectivity index (χ3v) is 6.15. The number of amides is 3. The summed E-state index contributed by atoms with van der Waals surface area (Å²) in [5, 5.41) is 2.85. The Kier molecular flexibility index (Phi) is 8.28. The van der Waals surface area contributed by atoms with Crippen LogP contribution in [0.15, 0.2) is 48.5 Å². The van der Waals surface area contributed by atoms with Crippen molar-refractivity contribution >= 4 is 23.4 Å². The molecule has 0 bridgehead atoms. The van der Waals surface area contributed by atoms with Crippen LogP contribution in [0.3, 0.4) is 0 Å². The zero-order valence-electron chi connectivity index (χ0n) is 20.4. The van der Waals surface area contributed by atoms with Gasteiger partial charge in [-0.3, -0.25) is 14.4 Å². The molecule has 3 atom stereocenters. The summed E-state index contributed by atoms with van der Waals surface area (Å²) in [5.41, 5.74) is 1.41. The van der Waals surface area contributed by atoms with Crippen molar-refractivity contribution in [2.45, 2.75) is 32.9 Å². The molecule has 8 heteroatoms. The standard InChI is InChI=1S/C26H33N3O5/c1-17-14-29(19(3)30)18(2)16-34-23-13-21(27-25(31)20-9-7-6-8-10-20)11-12-22(23)26(32)28(4)15-24(17)33-5/h6-13,17-18,24H,14-16H2,1-5H3,(H,27,31)/t17-,18-,24+/m0/s1. The molecule has 34 heavy (non-hydrogen) atoms. The summed E-state index contributed by atoms with van der Waals surface area (Å²) in [4.78, 5) is 41.6. The van der Waals surface area contributed by atoms with E-state index in [0.29, 0.717) is 35.7 Å². The van der Waals surface area contributed by atoms with E-state index in [1.165, 1.54) is 6.92 Å². The van der Waals surface area contributed by atoms with Gasteiger partial charge in [0.25, 0.3) is 11.8 Å². The van der Waals surface area contributed by atoms with E-state index >= 15 is 0 Å². The Labute approximate surface area is 200 Å². The van der Waals surface area contributed by atoms with E-state index in [2.05, 4.69) is 5.32 Å². The highest BCUT2D eigenvalue weighted by Gasteiger charge is 2.29. The summed E-state index contributed by atoms with van der Waals surface area (Å²) in [6.45, 7) is 6.51. The lowest BCUT2D eigenvalue weighted by molar-refractivity contribution is -0.133. The number of benzene rings is 2. The van der Waals surface area contributed by atoms with E-state index in [0.717, 1.165) is 0 Å². The van der Waals surface area contributed by atoms with E-state index in [-0.39, 0.29) is 42.4 Å². The van der Waals surface area contributed by atoms with Crippen LogP contribution in [0.1, 0.15) is 41.5 Å². The number of anilines is 1. The van der Waals surface area contributed by atoms with E-state index in [9.17, 15) is 14.4 Å². The number of methoxy groups -OCH3 is 1. The lowest BCUT2D eigenvalue weighted by atomic mass is 10.0. The normalized spacial score (nSPS) is 21.6. The van der Waals surface area contributed by atoms with Crippen molar-refractivity contribution in [2.75, 3.05) is 39.2 Å². The van der Waals surface area contributed by atoms with Crippen molar-refractivity contribution in [3.63, 3.8) is 0 Å². The van der Waals surface area contributed by atoms with Crippen LogP contribution in [0.5, 0.6) is 5.75 Å². The summed E-state index contributed by atoms with van der Waals surface area (Å²) < 4.78 is 11.7. The monoisotopic (exact) mass is 467 g/mol. The molecular formula is C26H33N3O5. The van der Waals surface area contributed by atoms with Gasteiger partial charge >= 0.3 is 0 Å². The second-order valence-electron chi connectivity index (χ2n) is 8.80. The SMILES string of the molecule is CO[C@@H]1CN(C)C(=O)c2ccc(NC(=O)c3ccccc3)cc2OC[C@H](C)N(C(C)=O)C[C@@H]1C. The maximum Gasteiger partial charge on any atom is 0.257 e. The first-order chi connectivity index (χ1) is 16.2. The van der Waals surface area contributed by atoms with Crippen molar-refractivity contribution in [3.05, 3.63) is 59.7 Å². The molecule has 1 heterocycles. The number of nitrogens with zero attached hydrogens (tertiary/aromatic N) is 2. The molecule has 0 spiro atoms. The van der Waals surface area contributed by atoms with Gasteiger partial charge in [0.2, 0.25) is 5.91 Å². The van der Waals surface area contributed by atoms with Crippen LogP contribution in [0.4, 0.5) is 5.69 Å². The second-order valence-corrected chi connectivity index (χ2v) is 8.80. The first-order valence-corrected chi connectivity index (χ1v) is 11.4. The number of hydrogen-bond acceptors (Lipinski definition) is 5. The molecule has 1 aliphatic heterocycles. The summed E-state index contributed by atoms with van der Waals surface area (Å²) in [6.07, 6.45) is -0.240. The molecule has 0 saturated carbocycles. The Morgan fingerprint density at radius 2 is 1.79 bits per heavy atom. The van der Waals surface area contributed by atoms with Crippen LogP contribution in [-0.2, 0) is 9.53 Å². The molecule has 0 aliphatic carbocycles. The Bertz CT molecular complexity index is 1030. The molecule has 2 aromatic carbocycles. The van der Waals surface area contributed by atoms with Gasteiger partial charge in [-0.2, -0.15) is 0 Å². The van der Waals surface area contributed by atoms with Gasteiger partial charge in [-0.15, -0.1) is 0 Å². The molecule has 182 valence electrons. The maximum atomic E-state index is 13.3. The largest absolute Gasteiger partial charge is 0.491 e. The third-order valence-electron chi connectivity index (χ3n) is 6.15. The minimum absolute atomic E-state index is 0.0149. The summed E-state index contributed by atoms with van der Waals surface area (Å²) in [5.74, 6) is -0.155. The predicted molar refractivity (Wildman–Crippen MR) is 130 cm³/mol. The molecule has 1 N–H and O–H groups in total. The van der Waals surface area contributed by atoms with Gasteiger partial charge < -0.3 is 24.6 Å². The van der Waals surface area contributed by atoms with Crippen LogP contribution < -0.4 is 10.1 Å².